The van der Waals surface area contributed by atoms with Gasteiger partial charge in [-0.05, 0) is 31.6 Å². The molecule has 0 radical (unpaired) electrons. The van der Waals surface area contributed by atoms with Crippen LogP contribution >= 0.6 is 11.6 Å². The maximum atomic E-state index is 10.4. The van der Waals surface area contributed by atoms with Crippen LogP contribution in [-0.2, 0) is 13.5 Å². The number of aliphatic hydroxyl groups excluding tert-OH is 1. The summed E-state index contributed by atoms with van der Waals surface area (Å²) in [5, 5.41) is 15.4. The molecule has 0 spiro atoms. The van der Waals surface area contributed by atoms with Gasteiger partial charge in [-0.25, -0.2) is 0 Å². The summed E-state index contributed by atoms with van der Waals surface area (Å²) in [4.78, 5) is 0. The molecular weight excluding hydrogens is 248 g/mol. The quantitative estimate of drug-likeness (QED) is 0.916. The van der Waals surface area contributed by atoms with Crippen molar-refractivity contribution in [2.24, 2.45) is 18.9 Å². The van der Waals surface area contributed by atoms with Gasteiger partial charge in [-0.3, -0.25) is 4.68 Å². The number of aryl methyl sites for hydroxylation is 2. The van der Waals surface area contributed by atoms with Gasteiger partial charge in [0.2, 0.25) is 0 Å². The molecule has 102 valence electrons. The molecule has 0 bridgehead atoms. The summed E-state index contributed by atoms with van der Waals surface area (Å²) >= 11 is 6.23. The molecule has 1 aliphatic rings. The van der Waals surface area contributed by atoms with E-state index in [1.54, 1.807) is 4.68 Å². The van der Waals surface area contributed by atoms with Crippen LogP contribution in [0.4, 0.5) is 0 Å². The predicted octanol–water partition coefficient (Wildman–Crippen LogP) is 3.11. The van der Waals surface area contributed by atoms with Crippen molar-refractivity contribution >= 4 is 11.6 Å². The summed E-state index contributed by atoms with van der Waals surface area (Å²) in [6, 6.07) is 0. The molecule has 1 atom stereocenters. The van der Waals surface area contributed by atoms with Crippen LogP contribution in [0.5, 0.6) is 0 Å². The van der Waals surface area contributed by atoms with Crippen LogP contribution in [0.2, 0.25) is 5.02 Å². The molecule has 18 heavy (non-hydrogen) atoms. The number of nitrogens with zero attached hydrogens (tertiary/aromatic N) is 2. The Kier molecular flexibility index (Phi) is 4.33. The third kappa shape index (κ3) is 2.89. The molecule has 1 aliphatic carbocycles. The van der Waals surface area contributed by atoms with Gasteiger partial charge in [0.05, 0.1) is 22.5 Å². The summed E-state index contributed by atoms with van der Waals surface area (Å²) in [5.74, 6) is 1.24. The third-order valence-electron chi connectivity index (χ3n) is 4.27. The first-order valence-electron chi connectivity index (χ1n) is 6.85. The molecule has 1 aromatic heterocycles. The van der Waals surface area contributed by atoms with Gasteiger partial charge in [0.15, 0.2) is 0 Å². The van der Waals surface area contributed by atoms with Gasteiger partial charge in [0.1, 0.15) is 0 Å². The van der Waals surface area contributed by atoms with Crippen molar-refractivity contribution in [1.29, 1.82) is 0 Å². The minimum atomic E-state index is -0.287. The van der Waals surface area contributed by atoms with E-state index in [1.807, 2.05) is 14.0 Å². The Balaban J connectivity index is 2.00. The van der Waals surface area contributed by atoms with E-state index in [0.717, 1.165) is 30.1 Å². The van der Waals surface area contributed by atoms with Crippen LogP contribution in [0.1, 0.15) is 44.0 Å². The average Bonchev–Trinajstić information content (AvgIpc) is 2.57. The highest BCUT2D eigenvalue weighted by Crippen LogP contribution is 2.32. The highest BCUT2D eigenvalue weighted by molar-refractivity contribution is 6.31. The van der Waals surface area contributed by atoms with Crippen molar-refractivity contribution in [1.82, 2.24) is 9.78 Å². The molecule has 0 aromatic carbocycles. The number of aliphatic hydroxyl groups is 1. The summed E-state index contributed by atoms with van der Waals surface area (Å²) in [6.07, 6.45) is 5.08. The molecule has 0 saturated heterocycles. The van der Waals surface area contributed by atoms with Crippen LogP contribution < -0.4 is 0 Å². The van der Waals surface area contributed by atoms with Crippen LogP contribution in [0.15, 0.2) is 0 Å². The van der Waals surface area contributed by atoms with E-state index < -0.39 is 0 Å². The zero-order chi connectivity index (χ0) is 13.3. The molecule has 1 unspecified atom stereocenters. The lowest BCUT2D eigenvalue weighted by molar-refractivity contribution is 0.0746. The van der Waals surface area contributed by atoms with Crippen molar-refractivity contribution in [3.63, 3.8) is 0 Å². The molecule has 1 fully saturated rings. The second kappa shape index (κ2) is 5.62. The van der Waals surface area contributed by atoms with Crippen molar-refractivity contribution in [2.45, 2.75) is 52.1 Å². The summed E-state index contributed by atoms with van der Waals surface area (Å²) in [5.41, 5.74) is 1.80. The Morgan fingerprint density at radius 1 is 1.39 bits per heavy atom. The van der Waals surface area contributed by atoms with E-state index in [9.17, 15) is 5.11 Å². The summed E-state index contributed by atoms with van der Waals surface area (Å²) in [6.45, 7) is 4.20. The van der Waals surface area contributed by atoms with Crippen molar-refractivity contribution in [3.05, 3.63) is 16.4 Å². The monoisotopic (exact) mass is 270 g/mol. The molecule has 0 amide bonds. The highest BCUT2D eigenvalue weighted by Gasteiger charge is 2.26. The Morgan fingerprint density at radius 3 is 2.50 bits per heavy atom. The van der Waals surface area contributed by atoms with Gasteiger partial charge < -0.3 is 5.11 Å². The maximum Gasteiger partial charge on any atom is 0.0847 e. The fourth-order valence-corrected chi connectivity index (χ4v) is 3.17. The van der Waals surface area contributed by atoms with Gasteiger partial charge in [-0.2, -0.15) is 5.10 Å². The molecule has 1 N–H and O–H groups in total. The molecule has 0 aliphatic heterocycles. The van der Waals surface area contributed by atoms with Crippen LogP contribution in [-0.4, -0.2) is 21.0 Å². The minimum Gasteiger partial charge on any atom is -0.392 e. The standard InChI is InChI=1S/C14H23ClN2O/c1-9-4-6-11(7-5-9)13(18)8-12-14(15)10(2)16-17(12)3/h9,11,13,18H,4-8H2,1-3H3. The Hall–Kier alpha value is -0.540. The molecular formula is C14H23ClN2O. The van der Waals surface area contributed by atoms with Gasteiger partial charge in [-0.1, -0.05) is 31.4 Å². The molecule has 1 heterocycles. The van der Waals surface area contributed by atoms with E-state index in [0.29, 0.717) is 17.4 Å². The normalized spacial score (nSPS) is 26.3. The topological polar surface area (TPSA) is 38.0 Å². The molecule has 1 aromatic rings. The molecule has 1 saturated carbocycles. The number of rotatable bonds is 3. The highest BCUT2D eigenvalue weighted by atomic mass is 35.5. The Bertz CT molecular complexity index is 408. The number of hydrogen-bond donors (Lipinski definition) is 1. The predicted molar refractivity (Wildman–Crippen MR) is 73.8 cm³/mol. The number of hydrogen-bond acceptors (Lipinski definition) is 2. The first-order chi connectivity index (χ1) is 8.49. The van der Waals surface area contributed by atoms with Gasteiger partial charge in [0.25, 0.3) is 0 Å². The molecule has 3 nitrogen and oxygen atoms in total. The lowest BCUT2D eigenvalue weighted by Gasteiger charge is -2.29. The van der Waals surface area contributed by atoms with Crippen LogP contribution in [0.3, 0.4) is 0 Å². The van der Waals surface area contributed by atoms with Crippen molar-refractivity contribution < 1.29 is 5.11 Å². The van der Waals surface area contributed by atoms with E-state index in [2.05, 4.69) is 12.0 Å². The summed E-state index contributed by atoms with van der Waals surface area (Å²) in [7, 11) is 1.89. The zero-order valence-corrected chi connectivity index (χ0v) is 12.2. The maximum absolute atomic E-state index is 10.4. The Labute approximate surface area is 114 Å². The van der Waals surface area contributed by atoms with Gasteiger partial charge in [-0.15, -0.1) is 0 Å². The van der Waals surface area contributed by atoms with Gasteiger partial charge in [0, 0.05) is 13.5 Å². The second-order valence-electron chi connectivity index (χ2n) is 5.76. The third-order valence-corrected chi connectivity index (χ3v) is 4.76. The van der Waals surface area contributed by atoms with E-state index in [4.69, 9.17) is 11.6 Å². The molecule has 2 rings (SSSR count). The van der Waals surface area contributed by atoms with E-state index in [1.165, 1.54) is 12.8 Å². The van der Waals surface area contributed by atoms with Gasteiger partial charge >= 0.3 is 0 Å². The first-order valence-corrected chi connectivity index (χ1v) is 7.23. The van der Waals surface area contributed by atoms with Crippen molar-refractivity contribution in [2.75, 3.05) is 0 Å². The number of aromatic nitrogens is 2. The Morgan fingerprint density at radius 2 is 2.00 bits per heavy atom. The smallest absolute Gasteiger partial charge is 0.0847 e. The zero-order valence-electron chi connectivity index (χ0n) is 11.5. The fraction of sp³-hybridized carbons (Fsp3) is 0.786. The second-order valence-corrected chi connectivity index (χ2v) is 6.14. The lowest BCUT2D eigenvalue weighted by Crippen LogP contribution is -2.27. The summed E-state index contributed by atoms with van der Waals surface area (Å²) < 4.78 is 1.80. The minimum absolute atomic E-state index is 0.287. The number of halogens is 1. The van der Waals surface area contributed by atoms with Crippen LogP contribution in [0, 0.1) is 18.8 Å². The first kappa shape index (κ1) is 13.9. The largest absolute Gasteiger partial charge is 0.392 e. The van der Waals surface area contributed by atoms with E-state index >= 15 is 0 Å². The molecule has 4 heteroatoms. The van der Waals surface area contributed by atoms with E-state index in [-0.39, 0.29) is 6.10 Å². The average molecular weight is 271 g/mol. The fourth-order valence-electron chi connectivity index (χ4n) is 2.94. The SMILES string of the molecule is Cc1nn(C)c(CC(O)C2CCC(C)CC2)c1Cl. The lowest BCUT2D eigenvalue weighted by atomic mass is 9.79. The van der Waals surface area contributed by atoms with Crippen LogP contribution in [0.25, 0.3) is 0 Å². The van der Waals surface area contributed by atoms with Crippen molar-refractivity contribution in [3.8, 4) is 0 Å².